The highest BCUT2D eigenvalue weighted by Gasteiger charge is 2.21. The largest absolute Gasteiger partial charge is 0.393 e. The molecule has 2 aliphatic rings. The first-order valence-corrected chi connectivity index (χ1v) is 7.33. The van der Waals surface area contributed by atoms with Gasteiger partial charge in [-0.1, -0.05) is 19.3 Å². The van der Waals surface area contributed by atoms with E-state index in [9.17, 15) is 9.90 Å². The first-order chi connectivity index (χ1) is 8.74. The van der Waals surface area contributed by atoms with Crippen LogP contribution in [0.1, 0.15) is 57.8 Å². The van der Waals surface area contributed by atoms with E-state index in [2.05, 4.69) is 5.32 Å². The fourth-order valence-electron chi connectivity index (χ4n) is 2.92. The molecule has 0 unspecified atom stereocenters. The number of hydrogen-bond acceptors (Lipinski definition) is 3. The van der Waals surface area contributed by atoms with E-state index in [1.165, 1.54) is 19.3 Å². The van der Waals surface area contributed by atoms with E-state index in [1.54, 1.807) is 0 Å². The van der Waals surface area contributed by atoms with Crippen LogP contribution < -0.4 is 5.32 Å². The monoisotopic (exact) mass is 255 g/mol. The minimum absolute atomic E-state index is 0.0213. The van der Waals surface area contributed by atoms with Crippen LogP contribution in [-0.4, -0.2) is 35.9 Å². The number of aliphatic hydroxyl groups is 1. The van der Waals surface area contributed by atoms with Crippen molar-refractivity contribution in [3.05, 3.63) is 0 Å². The third kappa shape index (κ3) is 4.58. The molecule has 104 valence electrons. The normalized spacial score (nSPS) is 30.1. The lowest BCUT2D eigenvalue weighted by atomic mass is 9.95. The summed E-state index contributed by atoms with van der Waals surface area (Å²) in [7, 11) is 0. The van der Waals surface area contributed by atoms with Gasteiger partial charge < -0.3 is 15.2 Å². The Kier molecular flexibility index (Phi) is 5.45. The van der Waals surface area contributed by atoms with Gasteiger partial charge >= 0.3 is 0 Å². The lowest BCUT2D eigenvalue weighted by molar-refractivity contribution is -0.129. The van der Waals surface area contributed by atoms with Crippen LogP contribution in [0, 0.1) is 0 Å². The van der Waals surface area contributed by atoms with Gasteiger partial charge in [-0.15, -0.1) is 0 Å². The van der Waals surface area contributed by atoms with E-state index in [0.717, 1.165) is 38.5 Å². The summed E-state index contributed by atoms with van der Waals surface area (Å²) in [5.41, 5.74) is 0. The molecule has 0 saturated heterocycles. The van der Waals surface area contributed by atoms with Crippen molar-refractivity contribution in [3.63, 3.8) is 0 Å². The molecular weight excluding hydrogens is 230 g/mol. The number of nitrogens with one attached hydrogen (secondary N) is 1. The molecule has 0 heterocycles. The Labute approximate surface area is 109 Å². The van der Waals surface area contributed by atoms with Crippen LogP contribution in [0.2, 0.25) is 0 Å². The van der Waals surface area contributed by atoms with Crippen molar-refractivity contribution in [2.45, 2.75) is 76.0 Å². The van der Waals surface area contributed by atoms with Crippen LogP contribution in [0.4, 0.5) is 0 Å². The van der Waals surface area contributed by atoms with E-state index in [-0.39, 0.29) is 24.7 Å². The van der Waals surface area contributed by atoms with E-state index in [1.807, 2.05) is 0 Å². The molecule has 18 heavy (non-hydrogen) atoms. The van der Waals surface area contributed by atoms with Crippen molar-refractivity contribution in [1.29, 1.82) is 0 Å². The van der Waals surface area contributed by atoms with Gasteiger partial charge in [-0.25, -0.2) is 0 Å². The molecule has 2 saturated carbocycles. The van der Waals surface area contributed by atoms with Gasteiger partial charge in [0.1, 0.15) is 6.61 Å². The fourth-order valence-corrected chi connectivity index (χ4v) is 2.92. The molecular formula is C14H25NO3. The number of ether oxygens (including phenoxy) is 1. The Bertz CT molecular complexity index is 256. The molecule has 2 fully saturated rings. The van der Waals surface area contributed by atoms with Crippen LogP contribution >= 0.6 is 0 Å². The van der Waals surface area contributed by atoms with Crippen molar-refractivity contribution in [3.8, 4) is 0 Å². The lowest BCUT2D eigenvalue weighted by Gasteiger charge is -2.26. The molecule has 0 bridgehead atoms. The Balaban J connectivity index is 1.59. The van der Waals surface area contributed by atoms with Gasteiger partial charge in [0, 0.05) is 6.04 Å². The molecule has 0 aromatic rings. The molecule has 0 aromatic carbocycles. The molecule has 2 aliphatic carbocycles. The average Bonchev–Trinajstić information content (AvgIpc) is 2.39. The smallest absolute Gasteiger partial charge is 0.246 e. The summed E-state index contributed by atoms with van der Waals surface area (Å²) in [6, 6.07) is 0.364. The fraction of sp³-hybridized carbons (Fsp3) is 0.929. The van der Waals surface area contributed by atoms with Gasteiger partial charge in [0.15, 0.2) is 0 Å². The van der Waals surface area contributed by atoms with Crippen LogP contribution in [0.3, 0.4) is 0 Å². The molecule has 2 rings (SSSR count). The predicted molar refractivity (Wildman–Crippen MR) is 69.2 cm³/mol. The third-order valence-corrected chi connectivity index (χ3v) is 4.06. The van der Waals surface area contributed by atoms with E-state index in [4.69, 9.17) is 4.74 Å². The van der Waals surface area contributed by atoms with Crippen molar-refractivity contribution in [2.75, 3.05) is 6.61 Å². The maximum Gasteiger partial charge on any atom is 0.246 e. The highest BCUT2D eigenvalue weighted by Crippen LogP contribution is 2.21. The number of carbonyl (C=O) groups is 1. The van der Waals surface area contributed by atoms with Gasteiger partial charge in [0.25, 0.3) is 0 Å². The maximum atomic E-state index is 11.7. The molecule has 4 heteroatoms. The molecule has 1 amide bonds. The zero-order valence-electron chi connectivity index (χ0n) is 11.1. The first-order valence-electron chi connectivity index (χ1n) is 7.33. The molecule has 0 radical (unpaired) electrons. The minimum atomic E-state index is -0.166. The van der Waals surface area contributed by atoms with Gasteiger partial charge in [0.2, 0.25) is 5.91 Å². The van der Waals surface area contributed by atoms with Gasteiger partial charge in [-0.05, 0) is 38.5 Å². The Hall–Kier alpha value is -0.610. The van der Waals surface area contributed by atoms with Gasteiger partial charge in [0.05, 0.1) is 12.2 Å². The predicted octanol–water partition coefficient (Wildman–Crippen LogP) is 1.76. The Morgan fingerprint density at radius 3 is 2.39 bits per heavy atom. The zero-order valence-corrected chi connectivity index (χ0v) is 11.1. The standard InChI is InChI=1S/C14H25NO3/c16-12-6-8-13(9-7-12)18-10-14(17)15-11-4-2-1-3-5-11/h11-13,16H,1-10H2,(H,15,17). The van der Waals surface area contributed by atoms with Crippen LogP contribution in [0.5, 0.6) is 0 Å². The maximum absolute atomic E-state index is 11.7. The van der Waals surface area contributed by atoms with Gasteiger partial charge in [-0.2, -0.15) is 0 Å². The summed E-state index contributed by atoms with van der Waals surface area (Å²) >= 11 is 0. The highest BCUT2D eigenvalue weighted by atomic mass is 16.5. The first kappa shape index (κ1) is 13.8. The summed E-state index contributed by atoms with van der Waals surface area (Å²) in [4.78, 5) is 11.7. The van der Waals surface area contributed by atoms with Crippen LogP contribution in [0.15, 0.2) is 0 Å². The minimum Gasteiger partial charge on any atom is -0.393 e. The van der Waals surface area contributed by atoms with E-state index >= 15 is 0 Å². The van der Waals surface area contributed by atoms with Crippen molar-refractivity contribution < 1.29 is 14.6 Å². The number of aliphatic hydroxyl groups excluding tert-OH is 1. The number of carbonyl (C=O) groups excluding carboxylic acids is 1. The molecule has 4 nitrogen and oxygen atoms in total. The number of rotatable bonds is 4. The van der Waals surface area contributed by atoms with Crippen molar-refractivity contribution >= 4 is 5.91 Å². The van der Waals surface area contributed by atoms with E-state index in [0.29, 0.717) is 6.04 Å². The third-order valence-electron chi connectivity index (χ3n) is 4.06. The average molecular weight is 255 g/mol. The topological polar surface area (TPSA) is 58.6 Å². The molecule has 0 aromatic heterocycles. The number of amides is 1. The quantitative estimate of drug-likeness (QED) is 0.804. The molecule has 0 spiro atoms. The second kappa shape index (κ2) is 7.10. The van der Waals surface area contributed by atoms with Crippen LogP contribution in [0.25, 0.3) is 0 Å². The van der Waals surface area contributed by atoms with Crippen molar-refractivity contribution in [2.24, 2.45) is 0 Å². The summed E-state index contributed by atoms with van der Waals surface area (Å²) in [5.74, 6) is 0.0213. The van der Waals surface area contributed by atoms with Crippen LogP contribution in [-0.2, 0) is 9.53 Å². The van der Waals surface area contributed by atoms with Gasteiger partial charge in [-0.3, -0.25) is 4.79 Å². The second-order valence-corrected chi connectivity index (χ2v) is 5.64. The summed E-state index contributed by atoms with van der Waals surface area (Å²) in [5, 5.41) is 12.4. The summed E-state index contributed by atoms with van der Waals surface area (Å²) < 4.78 is 5.61. The second-order valence-electron chi connectivity index (χ2n) is 5.64. The summed E-state index contributed by atoms with van der Waals surface area (Å²) in [6.45, 7) is 0.178. The SMILES string of the molecule is O=C(COC1CCC(O)CC1)NC1CCCCC1. The Morgan fingerprint density at radius 1 is 1.06 bits per heavy atom. The Morgan fingerprint density at radius 2 is 1.72 bits per heavy atom. The molecule has 2 N–H and O–H groups in total. The zero-order chi connectivity index (χ0) is 12.8. The van der Waals surface area contributed by atoms with E-state index < -0.39 is 0 Å². The lowest BCUT2D eigenvalue weighted by Crippen LogP contribution is -2.39. The molecule has 0 aliphatic heterocycles. The highest BCUT2D eigenvalue weighted by molar-refractivity contribution is 5.77. The van der Waals surface area contributed by atoms with Crippen molar-refractivity contribution in [1.82, 2.24) is 5.32 Å². The number of hydrogen-bond donors (Lipinski definition) is 2. The summed E-state index contributed by atoms with van der Waals surface area (Å²) in [6.07, 6.45) is 9.32. The molecule has 0 atom stereocenters.